The maximum absolute atomic E-state index is 8.99. The molecule has 0 saturated heterocycles. The summed E-state index contributed by atoms with van der Waals surface area (Å²) in [6.45, 7) is 11.8. The van der Waals surface area contributed by atoms with Gasteiger partial charge in [-0.1, -0.05) is 18.2 Å². The van der Waals surface area contributed by atoms with E-state index in [4.69, 9.17) is 15.3 Å². The zero-order valence-corrected chi connectivity index (χ0v) is 19.2. The summed E-state index contributed by atoms with van der Waals surface area (Å²) in [6, 6.07) is 16.5. The van der Waals surface area contributed by atoms with E-state index in [1.165, 1.54) is 0 Å². The molecule has 1 unspecified atom stereocenters. The molecule has 4 heteroatoms. The number of phenolic OH excluding ortho intramolecular Hbond substituents is 3. The third-order valence-electron chi connectivity index (χ3n) is 3.62. The second-order valence-electron chi connectivity index (χ2n) is 7.04. The first kappa shape index (κ1) is 25.5. The Morgan fingerprint density at radius 3 is 0.607 bits per heavy atom. The Kier molecular flexibility index (Phi) is 11.0. The molecule has 3 rings (SSSR count). The molecule has 0 spiro atoms. The summed E-state index contributed by atoms with van der Waals surface area (Å²) >= 11 is 0. The molecule has 1 atom stereocenters. The molecule has 0 aliphatic rings. The fraction of sp³-hybridized carbons (Fsp3) is 0.250. The molecule has 0 aliphatic heterocycles. The highest BCUT2D eigenvalue weighted by atomic mass is 31.0. The molecule has 0 aliphatic carbocycles. The summed E-state index contributed by atoms with van der Waals surface area (Å²) in [5.74, 6) is 1.06. The van der Waals surface area contributed by atoms with Gasteiger partial charge >= 0.3 is 0 Å². The van der Waals surface area contributed by atoms with Crippen LogP contribution in [0.3, 0.4) is 0 Å². The molecule has 0 heterocycles. The summed E-state index contributed by atoms with van der Waals surface area (Å²) in [5.41, 5.74) is 6.63. The lowest BCUT2D eigenvalue weighted by Gasteiger charge is -1.95. The number of hydrogen-bond donors (Lipinski definition) is 3. The molecule has 3 aromatic carbocycles. The Morgan fingerprint density at radius 2 is 0.500 bits per heavy atom. The van der Waals surface area contributed by atoms with Gasteiger partial charge in [-0.25, -0.2) is 0 Å². The monoisotopic (exact) mass is 400 g/mol. The van der Waals surface area contributed by atoms with Crippen molar-refractivity contribution in [2.24, 2.45) is 0 Å². The maximum atomic E-state index is 8.99. The van der Waals surface area contributed by atoms with E-state index in [0.717, 1.165) is 33.4 Å². The molecule has 0 amide bonds. The van der Waals surface area contributed by atoms with Gasteiger partial charge in [-0.2, -0.15) is 9.90 Å². The van der Waals surface area contributed by atoms with Crippen LogP contribution < -0.4 is 0 Å². The van der Waals surface area contributed by atoms with Gasteiger partial charge in [-0.05, 0) is 111 Å². The van der Waals surface area contributed by atoms with Crippen molar-refractivity contribution in [3.05, 3.63) is 88.0 Å². The van der Waals surface area contributed by atoms with Gasteiger partial charge < -0.3 is 15.3 Å². The highest BCUT2D eigenvalue weighted by Crippen LogP contribution is 2.14. The number of aromatic hydroxyl groups is 3. The van der Waals surface area contributed by atoms with Crippen LogP contribution in [0, 0.1) is 41.5 Å². The molecule has 28 heavy (non-hydrogen) atoms. The number of hydrogen-bond acceptors (Lipinski definition) is 3. The second-order valence-corrected chi connectivity index (χ2v) is 7.04. The van der Waals surface area contributed by atoms with Crippen molar-refractivity contribution in [2.75, 3.05) is 0 Å². The summed E-state index contributed by atoms with van der Waals surface area (Å²) in [7, 11) is 0. The quantitative estimate of drug-likeness (QED) is 0.401. The zero-order valence-electron chi connectivity index (χ0n) is 17.7. The summed E-state index contributed by atoms with van der Waals surface area (Å²) < 4.78 is 0. The van der Waals surface area contributed by atoms with Crippen LogP contribution in [0.1, 0.15) is 33.4 Å². The first-order chi connectivity index (χ1) is 12.5. The molecular weight excluding hydrogens is 367 g/mol. The van der Waals surface area contributed by atoms with Crippen molar-refractivity contribution in [1.29, 1.82) is 0 Å². The van der Waals surface area contributed by atoms with Gasteiger partial charge in [0.1, 0.15) is 17.2 Å². The van der Waals surface area contributed by atoms with Crippen molar-refractivity contribution < 1.29 is 15.3 Å². The van der Waals surface area contributed by atoms with Crippen molar-refractivity contribution in [1.82, 2.24) is 0 Å². The van der Waals surface area contributed by atoms with Crippen LogP contribution >= 0.6 is 9.90 Å². The van der Waals surface area contributed by atoms with Crippen molar-refractivity contribution in [3.8, 4) is 17.2 Å². The van der Waals surface area contributed by atoms with Gasteiger partial charge in [0.05, 0.1) is 0 Å². The minimum atomic E-state index is 0. The largest absolute Gasteiger partial charge is 0.508 e. The minimum Gasteiger partial charge on any atom is -0.508 e. The fourth-order valence-electron chi connectivity index (χ4n) is 2.85. The SMILES string of the molecule is Cc1cc(C)cc(O)c1.Cc1cc(C)cc(O)c1.Cc1cc(C)cc(O)c1.P. The minimum absolute atomic E-state index is 0. The van der Waals surface area contributed by atoms with E-state index >= 15 is 0 Å². The third-order valence-corrected chi connectivity index (χ3v) is 3.62. The average Bonchev–Trinajstić information content (AvgIpc) is 2.43. The van der Waals surface area contributed by atoms with Crippen LogP contribution in [0.15, 0.2) is 54.6 Å². The lowest BCUT2D eigenvalue weighted by Crippen LogP contribution is -1.74. The van der Waals surface area contributed by atoms with E-state index < -0.39 is 0 Å². The van der Waals surface area contributed by atoms with Gasteiger partial charge in [0.15, 0.2) is 0 Å². The van der Waals surface area contributed by atoms with E-state index in [0.29, 0.717) is 17.2 Å². The third kappa shape index (κ3) is 10.6. The fourth-order valence-corrected chi connectivity index (χ4v) is 2.85. The molecule has 0 saturated carbocycles. The standard InChI is InChI=1S/3C8H10O.H3P/c3*1-6-3-7(2)5-8(9)4-6;/h3*3-5,9H,1-2H3;1H3. The molecule has 0 fully saturated rings. The van der Waals surface area contributed by atoms with Gasteiger partial charge in [0, 0.05) is 0 Å². The highest BCUT2D eigenvalue weighted by Gasteiger charge is 1.91. The molecule has 0 aromatic heterocycles. The number of benzene rings is 3. The number of phenols is 3. The van der Waals surface area contributed by atoms with Crippen LogP contribution in [0.2, 0.25) is 0 Å². The average molecular weight is 400 g/mol. The van der Waals surface area contributed by atoms with Crippen molar-refractivity contribution in [3.63, 3.8) is 0 Å². The van der Waals surface area contributed by atoms with Crippen LogP contribution in [0.25, 0.3) is 0 Å². The zero-order chi connectivity index (χ0) is 20.6. The molecule has 0 bridgehead atoms. The molecule has 3 nitrogen and oxygen atoms in total. The first-order valence-electron chi connectivity index (χ1n) is 8.87. The van der Waals surface area contributed by atoms with E-state index in [-0.39, 0.29) is 9.90 Å². The van der Waals surface area contributed by atoms with Crippen molar-refractivity contribution >= 4 is 9.90 Å². The first-order valence-corrected chi connectivity index (χ1v) is 8.87. The lowest BCUT2D eigenvalue weighted by atomic mass is 10.1. The summed E-state index contributed by atoms with van der Waals surface area (Å²) in [6.07, 6.45) is 0. The molecular formula is C24H33O3P. The molecule has 152 valence electrons. The van der Waals surface area contributed by atoms with Gasteiger partial charge in [-0.3, -0.25) is 0 Å². The normalized spacial score (nSPS) is 9.21. The second kappa shape index (κ2) is 12.0. The molecule has 0 radical (unpaired) electrons. The summed E-state index contributed by atoms with van der Waals surface area (Å²) in [5, 5.41) is 27.0. The van der Waals surface area contributed by atoms with E-state index in [1.54, 1.807) is 36.4 Å². The van der Waals surface area contributed by atoms with Crippen LogP contribution in [-0.4, -0.2) is 15.3 Å². The van der Waals surface area contributed by atoms with Gasteiger partial charge in [0.25, 0.3) is 0 Å². The lowest BCUT2D eigenvalue weighted by molar-refractivity contribution is 0.474. The smallest absolute Gasteiger partial charge is 0.116 e. The summed E-state index contributed by atoms with van der Waals surface area (Å²) in [4.78, 5) is 0. The maximum Gasteiger partial charge on any atom is 0.116 e. The van der Waals surface area contributed by atoms with Gasteiger partial charge in [0.2, 0.25) is 0 Å². The molecule has 3 N–H and O–H groups in total. The predicted molar refractivity (Wildman–Crippen MR) is 124 cm³/mol. The number of aryl methyl sites for hydroxylation is 6. The van der Waals surface area contributed by atoms with E-state index in [2.05, 4.69) is 0 Å². The van der Waals surface area contributed by atoms with E-state index in [9.17, 15) is 0 Å². The van der Waals surface area contributed by atoms with E-state index in [1.807, 2.05) is 59.7 Å². The Hall–Kier alpha value is -2.51. The Labute approximate surface area is 172 Å². The Balaban J connectivity index is 0.000000384. The Bertz CT molecular complexity index is 620. The van der Waals surface area contributed by atoms with Crippen LogP contribution in [0.5, 0.6) is 17.2 Å². The predicted octanol–water partition coefficient (Wildman–Crippen LogP) is 6.09. The number of rotatable bonds is 0. The highest BCUT2D eigenvalue weighted by molar-refractivity contribution is 6.92. The Morgan fingerprint density at radius 1 is 0.357 bits per heavy atom. The van der Waals surface area contributed by atoms with Gasteiger partial charge in [-0.15, -0.1) is 0 Å². The van der Waals surface area contributed by atoms with Crippen molar-refractivity contribution in [2.45, 2.75) is 41.5 Å². The van der Waals surface area contributed by atoms with Crippen LogP contribution in [0.4, 0.5) is 0 Å². The topological polar surface area (TPSA) is 60.7 Å². The molecule has 3 aromatic rings. The van der Waals surface area contributed by atoms with Crippen LogP contribution in [-0.2, 0) is 0 Å².